The molecule has 3 rings (SSSR count). The van der Waals surface area contributed by atoms with Crippen molar-refractivity contribution in [3.63, 3.8) is 0 Å². The largest absolute Gasteiger partial charge is 0.326 e. The predicted octanol–water partition coefficient (Wildman–Crippen LogP) is 4.27. The maximum absolute atomic E-state index is 5.73. The first-order chi connectivity index (χ1) is 9.29. The van der Waals surface area contributed by atoms with Gasteiger partial charge in [-0.15, -0.1) is 0 Å². The molecule has 2 N–H and O–H groups in total. The highest BCUT2D eigenvalue weighted by Crippen LogP contribution is 2.30. The summed E-state index contributed by atoms with van der Waals surface area (Å²) >= 11 is 0. The van der Waals surface area contributed by atoms with Gasteiger partial charge in [-0.3, -0.25) is 0 Å². The zero-order valence-electron chi connectivity index (χ0n) is 11.1. The van der Waals surface area contributed by atoms with Crippen molar-refractivity contribution >= 4 is 10.8 Å². The normalized spacial score (nSPS) is 10.8. The third-order valence-electron chi connectivity index (χ3n) is 3.62. The number of rotatable bonds is 2. The van der Waals surface area contributed by atoms with Crippen LogP contribution in [0.1, 0.15) is 11.1 Å². The van der Waals surface area contributed by atoms with Crippen LogP contribution in [-0.4, -0.2) is 0 Å². The van der Waals surface area contributed by atoms with Gasteiger partial charge in [0.15, 0.2) is 0 Å². The summed E-state index contributed by atoms with van der Waals surface area (Å²) < 4.78 is 0. The van der Waals surface area contributed by atoms with Crippen molar-refractivity contribution in [1.82, 2.24) is 0 Å². The lowest BCUT2D eigenvalue weighted by Crippen LogP contribution is -1.96. The van der Waals surface area contributed by atoms with Gasteiger partial charge in [0.2, 0.25) is 0 Å². The van der Waals surface area contributed by atoms with E-state index in [0.717, 1.165) is 0 Å². The van der Waals surface area contributed by atoms with Crippen LogP contribution in [0.4, 0.5) is 0 Å². The van der Waals surface area contributed by atoms with Gasteiger partial charge in [0.25, 0.3) is 0 Å². The van der Waals surface area contributed by atoms with Gasteiger partial charge in [-0.25, -0.2) is 0 Å². The van der Waals surface area contributed by atoms with Crippen LogP contribution >= 0.6 is 0 Å². The molecule has 0 saturated heterocycles. The summed E-state index contributed by atoms with van der Waals surface area (Å²) in [4.78, 5) is 0. The smallest absolute Gasteiger partial charge is 0.0178 e. The van der Waals surface area contributed by atoms with E-state index in [-0.39, 0.29) is 0 Å². The van der Waals surface area contributed by atoms with Gasteiger partial charge in [-0.05, 0) is 46.0 Å². The Bertz CT molecular complexity index is 729. The van der Waals surface area contributed by atoms with Crippen LogP contribution < -0.4 is 5.73 Å². The van der Waals surface area contributed by atoms with Gasteiger partial charge in [0.05, 0.1) is 0 Å². The third kappa shape index (κ3) is 2.13. The molecule has 0 radical (unpaired) electrons. The van der Waals surface area contributed by atoms with Crippen LogP contribution in [0.15, 0.2) is 60.7 Å². The SMILES string of the molecule is Cc1ccc(-c2cccc(CN)c2)c2ccccc12. The Morgan fingerprint density at radius 2 is 1.63 bits per heavy atom. The van der Waals surface area contributed by atoms with Crippen molar-refractivity contribution in [2.75, 3.05) is 0 Å². The quantitative estimate of drug-likeness (QED) is 0.719. The van der Waals surface area contributed by atoms with E-state index in [2.05, 4.69) is 67.6 Å². The Kier molecular flexibility index (Phi) is 3.06. The van der Waals surface area contributed by atoms with E-state index in [9.17, 15) is 0 Å². The van der Waals surface area contributed by atoms with Gasteiger partial charge in [-0.2, -0.15) is 0 Å². The molecule has 1 heteroatoms. The molecular weight excluding hydrogens is 230 g/mol. The Hall–Kier alpha value is -2.12. The number of aryl methyl sites for hydroxylation is 1. The molecule has 0 aliphatic carbocycles. The summed E-state index contributed by atoms with van der Waals surface area (Å²) in [6, 6.07) is 21.4. The molecule has 0 aliphatic rings. The molecule has 3 aromatic rings. The molecular formula is C18H17N. The van der Waals surface area contributed by atoms with Crippen LogP contribution in [0.3, 0.4) is 0 Å². The number of hydrogen-bond acceptors (Lipinski definition) is 1. The highest BCUT2D eigenvalue weighted by molar-refractivity contribution is 5.98. The van der Waals surface area contributed by atoms with E-state index < -0.39 is 0 Å². The highest BCUT2D eigenvalue weighted by atomic mass is 14.5. The molecule has 0 fully saturated rings. The summed E-state index contributed by atoms with van der Waals surface area (Å²) in [6.45, 7) is 2.74. The van der Waals surface area contributed by atoms with Gasteiger partial charge < -0.3 is 5.73 Å². The fourth-order valence-corrected chi connectivity index (χ4v) is 2.57. The van der Waals surface area contributed by atoms with E-state index in [0.29, 0.717) is 6.54 Å². The molecule has 0 aromatic heterocycles. The van der Waals surface area contributed by atoms with Crippen LogP contribution in [0.25, 0.3) is 21.9 Å². The molecule has 0 heterocycles. The lowest BCUT2D eigenvalue weighted by molar-refractivity contribution is 1.07. The van der Waals surface area contributed by atoms with Crippen LogP contribution in [0.2, 0.25) is 0 Å². The molecule has 19 heavy (non-hydrogen) atoms. The summed E-state index contributed by atoms with van der Waals surface area (Å²) in [5, 5.41) is 2.62. The third-order valence-corrected chi connectivity index (χ3v) is 3.62. The Labute approximate surface area is 113 Å². The molecule has 94 valence electrons. The van der Waals surface area contributed by atoms with Crippen LogP contribution in [0, 0.1) is 6.92 Å². The minimum absolute atomic E-state index is 0.581. The van der Waals surface area contributed by atoms with Crippen LogP contribution in [0.5, 0.6) is 0 Å². The summed E-state index contributed by atoms with van der Waals surface area (Å²) in [5.41, 5.74) is 10.7. The molecule has 3 aromatic carbocycles. The maximum atomic E-state index is 5.73. The number of benzene rings is 3. The average Bonchev–Trinajstić information content (AvgIpc) is 2.48. The molecule has 0 bridgehead atoms. The van der Waals surface area contributed by atoms with E-state index in [1.165, 1.54) is 33.0 Å². The number of nitrogens with two attached hydrogens (primary N) is 1. The average molecular weight is 247 g/mol. The van der Waals surface area contributed by atoms with Crippen molar-refractivity contribution < 1.29 is 0 Å². The van der Waals surface area contributed by atoms with Crippen molar-refractivity contribution in [2.45, 2.75) is 13.5 Å². The first-order valence-corrected chi connectivity index (χ1v) is 6.57. The number of hydrogen-bond donors (Lipinski definition) is 1. The van der Waals surface area contributed by atoms with Gasteiger partial charge in [-0.1, -0.05) is 54.6 Å². The van der Waals surface area contributed by atoms with E-state index in [1.807, 2.05) is 0 Å². The van der Waals surface area contributed by atoms with Crippen molar-refractivity contribution in [1.29, 1.82) is 0 Å². The van der Waals surface area contributed by atoms with E-state index in [4.69, 9.17) is 5.73 Å². The first-order valence-electron chi connectivity index (χ1n) is 6.57. The summed E-state index contributed by atoms with van der Waals surface area (Å²) in [5.74, 6) is 0. The minimum Gasteiger partial charge on any atom is -0.326 e. The fourth-order valence-electron chi connectivity index (χ4n) is 2.57. The zero-order valence-corrected chi connectivity index (χ0v) is 11.1. The van der Waals surface area contributed by atoms with E-state index in [1.54, 1.807) is 0 Å². The first kappa shape index (κ1) is 11.9. The highest BCUT2D eigenvalue weighted by Gasteiger charge is 2.05. The second-order valence-electron chi connectivity index (χ2n) is 4.88. The standard InChI is InChI=1S/C18H17N/c1-13-9-10-17(18-8-3-2-7-16(13)18)15-6-4-5-14(11-15)12-19/h2-11H,12,19H2,1H3. The van der Waals surface area contributed by atoms with Gasteiger partial charge in [0, 0.05) is 6.54 Å². The zero-order chi connectivity index (χ0) is 13.2. The molecule has 0 aliphatic heterocycles. The minimum atomic E-state index is 0.581. The second kappa shape index (κ2) is 4.87. The second-order valence-corrected chi connectivity index (χ2v) is 4.88. The van der Waals surface area contributed by atoms with Gasteiger partial charge in [0.1, 0.15) is 0 Å². The lowest BCUT2D eigenvalue weighted by atomic mass is 9.95. The Morgan fingerprint density at radius 3 is 2.42 bits per heavy atom. The molecule has 1 nitrogen and oxygen atoms in total. The fraction of sp³-hybridized carbons (Fsp3) is 0.111. The van der Waals surface area contributed by atoms with Crippen molar-refractivity contribution in [2.24, 2.45) is 5.73 Å². The summed E-state index contributed by atoms with van der Waals surface area (Å²) in [7, 11) is 0. The Balaban J connectivity index is 2.28. The van der Waals surface area contributed by atoms with Gasteiger partial charge >= 0.3 is 0 Å². The predicted molar refractivity (Wildman–Crippen MR) is 82.0 cm³/mol. The topological polar surface area (TPSA) is 26.0 Å². The Morgan fingerprint density at radius 1 is 0.842 bits per heavy atom. The van der Waals surface area contributed by atoms with Crippen molar-refractivity contribution in [3.05, 3.63) is 71.8 Å². The molecule has 0 atom stereocenters. The molecule has 0 unspecified atom stereocenters. The molecule has 0 saturated carbocycles. The van der Waals surface area contributed by atoms with E-state index >= 15 is 0 Å². The number of fused-ring (bicyclic) bond motifs is 1. The molecule has 0 spiro atoms. The molecule has 0 amide bonds. The lowest BCUT2D eigenvalue weighted by Gasteiger charge is -2.10. The maximum Gasteiger partial charge on any atom is 0.0178 e. The summed E-state index contributed by atoms with van der Waals surface area (Å²) in [6.07, 6.45) is 0. The monoisotopic (exact) mass is 247 g/mol. The van der Waals surface area contributed by atoms with Crippen LogP contribution in [-0.2, 0) is 6.54 Å². The van der Waals surface area contributed by atoms with Crippen molar-refractivity contribution in [3.8, 4) is 11.1 Å².